The summed E-state index contributed by atoms with van der Waals surface area (Å²) >= 11 is 0. The molecule has 0 aliphatic carbocycles. The monoisotopic (exact) mass is 405 g/mol. The number of nitrogens with two attached hydrogens (primary N) is 1. The van der Waals surface area contributed by atoms with E-state index in [1.807, 2.05) is 0 Å². The molecule has 0 fully saturated rings. The van der Waals surface area contributed by atoms with Gasteiger partial charge in [0.25, 0.3) is 0 Å². The number of aromatic nitrogens is 6. The van der Waals surface area contributed by atoms with E-state index in [0.29, 0.717) is 16.6 Å². The van der Waals surface area contributed by atoms with Crippen LogP contribution in [0.3, 0.4) is 0 Å². The third-order valence-electron chi connectivity index (χ3n) is 3.99. The number of fused-ring (bicyclic) bond motifs is 1. The quantitative estimate of drug-likeness (QED) is 0.524. The van der Waals surface area contributed by atoms with Gasteiger partial charge in [-0.2, -0.15) is 15.4 Å². The molecular formula is C17H14F3N7O2. The molecule has 0 aliphatic heterocycles. The van der Waals surface area contributed by atoms with E-state index in [-0.39, 0.29) is 35.1 Å². The Balaban J connectivity index is 1.65. The highest BCUT2D eigenvalue weighted by Crippen LogP contribution is 2.33. The van der Waals surface area contributed by atoms with Crippen molar-refractivity contribution < 1.29 is 22.6 Å². The molecule has 4 aromatic rings. The zero-order chi connectivity index (χ0) is 20.6. The summed E-state index contributed by atoms with van der Waals surface area (Å²) in [5, 5.41) is 14.1. The fourth-order valence-corrected chi connectivity index (χ4v) is 2.73. The second kappa shape index (κ2) is 6.96. The average Bonchev–Trinajstić information content (AvgIpc) is 3.27. The van der Waals surface area contributed by atoms with Crippen molar-refractivity contribution in [2.24, 2.45) is 7.05 Å². The Morgan fingerprint density at radius 3 is 2.69 bits per heavy atom. The lowest BCUT2D eigenvalue weighted by molar-refractivity contribution is -0.275. The molecule has 0 spiro atoms. The number of alkyl halides is 3. The molecule has 1 aromatic carbocycles. The molecule has 0 saturated carbocycles. The maximum Gasteiger partial charge on any atom is 0.573 e. The number of halogens is 3. The van der Waals surface area contributed by atoms with E-state index in [2.05, 4.69) is 30.2 Å². The van der Waals surface area contributed by atoms with Crippen molar-refractivity contribution in [1.29, 1.82) is 0 Å². The molecule has 150 valence electrons. The molecule has 9 nitrogen and oxygen atoms in total. The predicted molar refractivity (Wildman–Crippen MR) is 95.8 cm³/mol. The summed E-state index contributed by atoms with van der Waals surface area (Å²) in [7, 11) is 1.71. The number of rotatable bonds is 5. The summed E-state index contributed by atoms with van der Waals surface area (Å²) < 4.78 is 50.1. The van der Waals surface area contributed by atoms with Gasteiger partial charge >= 0.3 is 6.36 Å². The summed E-state index contributed by atoms with van der Waals surface area (Å²) in [6, 6.07) is 5.86. The predicted octanol–water partition coefficient (Wildman–Crippen LogP) is 2.81. The molecule has 3 N–H and O–H groups in total. The van der Waals surface area contributed by atoms with Crippen LogP contribution in [-0.4, -0.2) is 36.5 Å². The Kier molecular flexibility index (Phi) is 4.45. The van der Waals surface area contributed by atoms with E-state index < -0.39 is 6.36 Å². The first-order valence-corrected chi connectivity index (χ1v) is 8.26. The third kappa shape index (κ3) is 4.05. The first-order valence-electron chi connectivity index (χ1n) is 8.26. The van der Waals surface area contributed by atoms with Gasteiger partial charge in [-0.1, -0.05) is 12.1 Å². The highest BCUT2D eigenvalue weighted by atomic mass is 19.4. The van der Waals surface area contributed by atoms with Gasteiger partial charge in [-0.25, -0.2) is 4.98 Å². The summed E-state index contributed by atoms with van der Waals surface area (Å²) in [5.41, 5.74) is 7.60. The van der Waals surface area contributed by atoms with Crippen LogP contribution < -0.4 is 15.2 Å². The molecule has 4 rings (SSSR count). The maximum absolute atomic E-state index is 12.9. The smallest absolute Gasteiger partial charge is 0.486 e. The van der Waals surface area contributed by atoms with Gasteiger partial charge in [-0.15, -0.1) is 18.3 Å². The number of anilines is 1. The van der Waals surface area contributed by atoms with E-state index >= 15 is 0 Å². The topological polar surface area (TPSA) is 117 Å². The van der Waals surface area contributed by atoms with Crippen molar-refractivity contribution in [3.05, 3.63) is 42.2 Å². The Labute approximate surface area is 161 Å². The lowest BCUT2D eigenvalue weighted by Gasteiger charge is -2.15. The van der Waals surface area contributed by atoms with Crippen molar-refractivity contribution in [2.75, 3.05) is 5.73 Å². The van der Waals surface area contributed by atoms with Crippen molar-refractivity contribution >= 4 is 17.0 Å². The van der Waals surface area contributed by atoms with Crippen LogP contribution in [0.4, 0.5) is 19.0 Å². The first kappa shape index (κ1) is 18.5. The van der Waals surface area contributed by atoms with Crippen molar-refractivity contribution in [1.82, 2.24) is 30.2 Å². The summed E-state index contributed by atoms with van der Waals surface area (Å²) in [5.74, 6) is -0.00656. The Hall–Kier alpha value is -3.83. The number of hydrogen-bond acceptors (Lipinski definition) is 7. The molecule has 0 amide bonds. The molecular weight excluding hydrogens is 391 g/mol. The van der Waals surface area contributed by atoms with Gasteiger partial charge < -0.3 is 15.2 Å². The van der Waals surface area contributed by atoms with Gasteiger partial charge in [-0.05, 0) is 11.6 Å². The highest BCUT2D eigenvalue weighted by molar-refractivity contribution is 5.78. The number of nitrogens with one attached hydrogen (secondary N) is 1. The molecule has 0 aliphatic rings. The molecule has 0 radical (unpaired) electrons. The third-order valence-corrected chi connectivity index (χ3v) is 3.99. The van der Waals surface area contributed by atoms with Crippen molar-refractivity contribution in [3.63, 3.8) is 0 Å². The van der Waals surface area contributed by atoms with Crippen molar-refractivity contribution in [3.8, 4) is 22.6 Å². The van der Waals surface area contributed by atoms with E-state index in [0.717, 1.165) is 0 Å². The summed E-state index contributed by atoms with van der Waals surface area (Å²) in [6.07, 6.45) is -1.63. The number of benzene rings is 1. The number of nitrogens with zero attached hydrogens (tertiary/aromatic N) is 5. The lowest BCUT2D eigenvalue weighted by Crippen LogP contribution is -2.18. The molecule has 0 saturated heterocycles. The number of H-pyrrole nitrogens is 1. The Morgan fingerprint density at radius 1 is 1.14 bits per heavy atom. The van der Waals surface area contributed by atoms with Crippen LogP contribution in [0.15, 0.2) is 36.7 Å². The standard InChI is InChI=1S/C17H14F3N7O2/c1-27-7-11(6-22-27)9-2-3-10(12(4-9)29-17(18,19)20)8-28-13-5-14(21)23-16-15(13)24-26-25-16/h2-7H,8H2,1H3,(H3,21,23,24,25,26). The minimum absolute atomic E-state index is 0.139. The van der Waals surface area contributed by atoms with Gasteiger partial charge in [-0.3, -0.25) is 4.68 Å². The fourth-order valence-electron chi connectivity index (χ4n) is 2.73. The van der Waals surface area contributed by atoms with Gasteiger partial charge in [0.05, 0.1) is 6.20 Å². The zero-order valence-electron chi connectivity index (χ0n) is 14.9. The number of hydrogen-bond donors (Lipinski definition) is 2. The second-order valence-electron chi connectivity index (χ2n) is 6.10. The van der Waals surface area contributed by atoms with Gasteiger partial charge in [0, 0.05) is 30.4 Å². The van der Waals surface area contributed by atoms with E-state index in [9.17, 15) is 13.2 Å². The molecule has 0 bridgehead atoms. The highest BCUT2D eigenvalue weighted by Gasteiger charge is 2.32. The average molecular weight is 405 g/mol. The molecule has 29 heavy (non-hydrogen) atoms. The molecule has 0 atom stereocenters. The zero-order valence-corrected chi connectivity index (χ0v) is 14.9. The Morgan fingerprint density at radius 2 is 1.97 bits per heavy atom. The van der Waals surface area contributed by atoms with Crippen LogP contribution in [0.1, 0.15) is 5.56 Å². The van der Waals surface area contributed by atoms with Crippen LogP contribution in [0.2, 0.25) is 0 Å². The van der Waals surface area contributed by atoms with Gasteiger partial charge in [0.15, 0.2) is 11.3 Å². The first-order chi connectivity index (χ1) is 13.8. The Bertz CT molecular complexity index is 1170. The van der Waals surface area contributed by atoms with Crippen LogP contribution in [0.5, 0.6) is 11.5 Å². The largest absolute Gasteiger partial charge is 0.573 e. The minimum atomic E-state index is -4.86. The number of pyridine rings is 1. The van der Waals surface area contributed by atoms with E-state index in [1.165, 1.54) is 18.2 Å². The molecule has 3 aromatic heterocycles. The molecule has 12 heteroatoms. The minimum Gasteiger partial charge on any atom is -0.486 e. The number of nitrogen functional groups attached to an aromatic ring is 1. The van der Waals surface area contributed by atoms with E-state index in [4.69, 9.17) is 10.5 Å². The lowest BCUT2D eigenvalue weighted by atomic mass is 10.1. The number of aromatic amines is 1. The SMILES string of the molecule is Cn1cc(-c2ccc(COc3cc(N)nc4n[nH]nc34)c(OC(F)(F)F)c2)cn1. The second-order valence-corrected chi connectivity index (χ2v) is 6.10. The van der Waals surface area contributed by atoms with Gasteiger partial charge in [0.2, 0.25) is 5.65 Å². The van der Waals surface area contributed by atoms with Crippen LogP contribution >= 0.6 is 0 Å². The fraction of sp³-hybridized carbons (Fsp3) is 0.176. The number of aryl methyl sites for hydroxylation is 1. The van der Waals surface area contributed by atoms with Crippen LogP contribution in [0.25, 0.3) is 22.3 Å². The number of ether oxygens (including phenoxy) is 2. The molecule has 3 heterocycles. The summed E-state index contributed by atoms with van der Waals surface area (Å²) in [6.45, 7) is -0.218. The van der Waals surface area contributed by atoms with Crippen molar-refractivity contribution in [2.45, 2.75) is 13.0 Å². The summed E-state index contributed by atoms with van der Waals surface area (Å²) in [4.78, 5) is 3.98. The molecule has 0 unspecified atom stereocenters. The maximum atomic E-state index is 12.9. The van der Waals surface area contributed by atoms with Gasteiger partial charge in [0.1, 0.15) is 18.2 Å². The van der Waals surface area contributed by atoms with Crippen LogP contribution in [0, 0.1) is 0 Å². The normalized spacial score (nSPS) is 11.7. The van der Waals surface area contributed by atoms with Crippen LogP contribution in [-0.2, 0) is 13.7 Å². The van der Waals surface area contributed by atoms with E-state index in [1.54, 1.807) is 30.2 Å².